The predicted octanol–water partition coefficient (Wildman–Crippen LogP) is 4.48. The summed E-state index contributed by atoms with van der Waals surface area (Å²) in [5.41, 5.74) is 1.88. The van der Waals surface area contributed by atoms with Crippen molar-refractivity contribution in [3.05, 3.63) is 86.3 Å². The standard InChI is InChI=1S/C24H19ClF2N4O2S/c25-16-7-15-9-19(29-22(15)28-11-16)23(32)30-20(8-13-1-2-17(26)10-18(13)27)24(33)31-5-3-21-14(12-31)4-6-34-21/h1-2,4,6-7,9-11,20H,3,5,8,12H2,(H,28,29)(H,30,32)/t20-/m0/s1. The van der Waals surface area contributed by atoms with E-state index in [2.05, 4.69) is 15.3 Å². The lowest BCUT2D eigenvalue weighted by molar-refractivity contribution is -0.134. The molecule has 4 heterocycles. The minimum absolute atomic E-state index is 0.117. The molecule has 0 bridgehead atoms. The van der Waals surface area contributed by atoms with Gasteiger partial charge in [-0.25, -0.2) is 13.8 Å². The highest BCUT2D eigenvalue weighted by Gasteiger charge is 2.30. The number of nitrogens with one attached hydrogen (secondary N) is 2. The fourth-order valence-corrected chi connectivity index (χ4v) is 5.17. The SMILES string of the molecule is O=C(N[C@@H](Cc1ccc(F)cc1F)C(=O)N1CCc2sccc2C1)c1cc2cc(Cl)cnc2[nH]1. The molecule has 10 heteroatoms. The normalized spacial score (nSPS) is 14.1. The highest BCUT2D eigenvalue weighted by Crippen LogP contribution is 2.25. The Morgan fingerprint density at radius 3 is 2.91 bits per heavy atom. The van der Waals surface area contributed by atoms with Crippen molar-refractivity contribution in [2.75, 3.05) is 6.54 Å². The molecule has 0 radical (unpaired) electrons. The third kappa shape index (κ3) is 4.53. The highest BCUT2D eigenvalue weighted by atomic mass is 35.5. The molecule has 1 atom stereocenters. The van der Waals surface area contributed by atoms with Crippen LogP contribution < -0.4 is 5.32 Å². The van der Waals surface area contributed by atoms with Crippen LogP contribution in [0, 0.1) is 11.6 Å². The zero-order valence-corrected chi connectivity index (χ0v) is 19.4. The Morgan fingerprint density at radius 1 is 1.24 bits per heavy atom. The summed E-state index contributed by atoms with van der Waals surface area (Å²) in [6.45, 7) is 0.921. The van der Waals surface area contributed by atoms with E-state index in [1.165, 1.54) is 17.1 Å². The number of halogens is 3. The van der Waals surface area contributed by atoms with Gasteiger partial charge in [-0.2, -0.15) is 0 Å². The monoisotopic (exact) mass is 500 g/mol. The van der Waals surface area contributed by atoms with Crippen molar-refractivity contribution in [2.24, 2.45) is 0 Å². The van der Waals surface area contributed by atoms with Crippen LogP contribution in [0.2, 0.25) is 5.02 Å². The van der Waals surface area contributed by atoms with Gasteiger partial charge in [-0.1, -0.05) is 17.7 Å². The molecular formula is C24H19ClF2N4O2S. The minimum atomic E-state index is -1.05. The van der Waals surface area contributed by atoms with Crippen LogP contribution in [-0.2, 0) is 24.2 Å². The fraction of sp³-hybridized carbons (Fsp3) is 0.208. The number of thiophene rings is 1. The molecule has 3 aromatic heterocycles. The largest absolute Gasteiger partial charge is 0.339 e. The summed E-state index contributed by atoms with van der Waals surface area (Å²) in [4.78, 5) is 36.5. The topological polar surface area (TPSA) is 78.1 Å². The number of carbonyl (C=O) groups excluding carboxylic acids is 2. The molecule has 1 aliphatic rings. The number of hydrogen-bond acceptors (Lipinski definition) is 4. The van der Waals surface area contributed by atoms with Crippen molar-refractivity contribution in [1.29, 1.82) is 0 Å². The van der Waals surface area contributed by atoms with Gasteiger partial charge in [0.25, 0.3) is 5.91 Å². The summed E-state index contributed by atoms with van der Waals surface area (Å²) in [7, 11) is 0. The third-order valence-corrected chi connectivity index (χ3v) is 7.07. The van der Waals surface area contributed by atoms with Gasteiger partial charge in [0.1, 0.15) is 29.0 Å². The first kappa shape index (κ1) is 22.5. The van der Waals surface area contributed by atoms with Gasteiger partial charge >= 0.3 is 0 Å². The number of benzene rings is 1. The lowest BCUT2D eigenvalue weighted by Crippen LogP contribution is -2.51. The molecular weight excluding hydrogens is 482 g/mol. The van der Waals surface area contributed by atoms with Crippen LogP contribution in [0.1, 0.15) is 26.5 Å². The number of carbonyl (C=O) groups is 2. The maximum Gasteiger partial charge on any atom is 0.268 e. The van der Waals surface area contributed by atoms with E-state index in [-0.39, 0.29) is 23.6 Å². The van der Waals surface area contributed by atoms with E-state index >= 15 is 0 Å². The van der Waals surface area contributed by atoms with Crippen molar-refractivity contribution in [1.82, 2.24) is 20.2 Å². The van der Waals surface area contributed by atoms with E-state index in [4.69, 9.17) is 11.6 Å². The summed E-state index contributed by atoms with van der Waals surface area (Å²) in [5, 5.41) is 5.79. The number of H-pyrrole nitrogens is 1. The zero-order valence-electron chi connectivity index (χ0n) is 17.8. The molecule has 2 N–H and O–H groups in total. The molecule has 4 aromatic rings. The van der Waals surface area contributed by atoms with Gasteiger partial charge in [-0.15, -0.1) is 11.3 Å². The molecule has 0 saturated carbocycles. The van der Waals surface area contributed by atoms with Crippen molar-refractivity contribution in [2.45, 2.75) is 25.4 Å². The second kappa shape index (κ2) is 9.15. The molecule has 0 fully saturated rings. The van der Waals surface area contributed by atoms with Crippen molar-refractivity contribution < 1.29 is 18.4 Å². The number of aromatic nitrogens is 2. The zero-order chi connectivity index (χ0) is 23.8. The summed E-state index contributed by atoms with van der Waals surface area (Å²) in [5.74, 6) is -2.34. The van der Waals surface area contributed by atoms with Crippen LogP contribution >= 0.6 is 22.9 Å². The number of amides is 2. The Balaban J connectivity index is 1.41. The average molecular weight is 501 g/mol. The van der Waals surface area contributed by atoms with E-state index in [1.807, 2.05) is 11.4 Å². The van der Waals surface area contributed by atoms with Crippen LogP contribution in [0.5, 0.6) is 0 Å². The highest BCUT2D eigenvalue weighted by molar-refractivity contribution is 7.10. The average Bonchev–Trinajstić information content (AvgIpc) is 3.45. The molecule has 0 unspecified atom stereocenters. The summed E-state index contributed by atoms with van der Waals surface area (Å²) >= 11 is 7.63. The van der Waals surface area contributed by atoms with E-state index in [9.17, 15) is 18.4 Å². The Morgan fingerprint density at radius 2 is 2.09 bits per heavy atom. The smallest absolute Gasteiger partial charge is 0.268 e. The van der Waals surface area contributed by atoms with Crippen LogP contribution in [0.4, 0.5) is 8.78 Å². The van der Waals surface area contributed by atoms with Crippen LogP contribution in [0.25, 0.3) is 11.0 Å². The molecule has 0 aliphatic carbocycles. The Hall–Kier alpha value is -3.30. The molecule has 2 amide bonds. The maximum absolute atomic E-state index is 14.4. The molecule has 1 aliphatic heterocycles. The van der Waals surface area contributed by atoms with Gasteiger partial charge in [0.15, 0.2) is 0 Å². The summed E-state index contributed by atoms with van der Waals surface area (Å²) in [6.07, 6.45) is 2.06. The lowest BCUT2D eigenvalue weighted by atomic mass is 10.0. The number of nitrogens with zero attached hydrogens (tertiary/aromatic N) is 2. The molecule has 1 aromatic carbocycles. The molecule has 0 spiro atoms. The molecule has 174 valence electrons. The predicted molar refractivity (Wildman–Crippen MR) is 126 cm³/mol. The van der Waals surface area contributed by atoms with E-state index in [0.29, 0.717) is 29.1 Å². The number of rotatable bonds is 5. The van der Waals surface area contributed by atoms with Crippen LogP contribution in [0.3, 0.4) is 0 Å². The lowest BCUT2D eigenvalue weighted by Gasteiger charge is -2.31. The number of pyridine rings is 1. The number of aromatic amines is 1. The Labute approximate surface area is 202 Å². The van der Waals surface area contributed by atoms with E-state index in [0.717, 1.165) is 24.1 Å². The van der Waals surface area contributed by atoms with Crippen LogP contribution in [-0.4, -0.2) is 39.3 Å². The first-order valence-corrected chi connectivity index (χ1v) is 11.9. The second-order valence-corrected chi connectivity index (χ2v) is 9.56. The van der Waals surface area contributed by atoms with E-state index in [1.54, 1.807) is 28.4 Å². The number of fused-ring (bicyclic) bond motifs is 2. The summed E-state index contributed by atoms with van der Waals surface area (Å²) < 4.78 is 27.8. The van der Waals surface area contributed by atoms with Crippen molar-refractivity contribution >= 4 is 45.8 Å². The molecule has 5 rings (SSSR count). The van der Waals surface area contributed by atoms with Gasteiger partial charge in [0.2, 0.25) is 5.91 Å². The fourth-order valence-electron chi connectivity index (χ4n) is 4.11. The van der Waals surface area contributed by atoms with Crippen LogP contribution in [0.15, 0.2) is 48.0 Å². The molecule has 0 saturated heterocycles. The van der Waals surface area contributed by atoms with Gasteiger partial charge < -0.3 is 15.2 Å². The van der Waals surface area contributed by atoms with Crippen molar-refractivity contribution in [3.63, 3.8) is 0 Å². The Bertz CT molecular complexity index is 1400. The summed E-state index contributed by atoms with van der Waals surface area (Å²) in [6, 6.07) is 7.38. The first-order valence-electron chi connectivity index (χ1n) is 10.6. The maximum atomic E-state index is 14.4. The van der Waals surface area contributed by atoms with Gasteiger partial charge in [0.05, 0.1) is 5.02 Å². The second-order valence-electron chi connectivity index (χ2n) is 8.12. The van der Waals surface area contributed by atoms with Crippen molar-refractivity contribution in [3.8, 4) is 0 Å². The van der Waals surface area contributed by atoms with E-state index < -0.39 is 23.6 Å². The third-order valence-electron chi connectivity index (χ3n) is 5.84. The first-order chi connectivity index (χ1) is 16.4. The van der Waals surface area contributed by atoms with Gasteiger partial charge in [0, 0.05) is 42.0 Å². The number of hydrogen-bond donors (Lipinski definition) is 2. The quantitative estimate of drug-likeness (QED) is 0.424. The van der Waals surface area contributed by atoms with Gasteiger partial charge in [-0.05, 0) is 47.2 Å². The molecule has 34 heavy (non-hydrogen) atoms. The Kier molecular flexibility index (Phi) is 6.05. The van der Waals surface area contributed by atoms with Gasteiger partial charge in [-0.3, -0.25) is 9.59 Å². The molecule has 6 nitrogen and oxygen atoms in total. The minimum Gasteiger partial charge on any atom is -0.339 e.